The maximum absolute atomic E-state index is 10.4. The van der Waals surface area contributed by atoms with E-state index < -0.39 is 16.1 Å². The van der Waals surface area contributed by atoms with Crippen molar-refractivity contribution in [3.63, 3.8) is 0 Å². The zero-order valence-electron chi connectivity index (χ0n) is 10.9. The SMILES string of the molecule is O=C(O)c1ccccc1O.O=S(=O)(O)Cc1ccccc1. The number of carbonyl (C=O) groups is 1. The third-order valence-corrected chi connectivity index (χ3v) is 3.02. The van der Waals surface area contributed by atoms with Gasteiger partial charge in [0, 0.05) is 0 Å². The number of aromatic carboxylic acids is 1. The first-order chi connectivity index (χ1) is 9.79. The minimum absolute atomic E-state index is 0.0671. The van der Waals surface area contributed by atoms with Gasteiger partial charge in [-0.1, -0.05) is 42.5 Å². The average Bonchev–Trinajstić information content (AvgIpc) is 2.39. The molecule has 7 heteroatoms. The summed E-state index contributed by atoms with van der Waals surface area (Å²) in [6.45, 7) is 0. The Morgan fingerprint density at radius 3 is 1.90 bits per heavy atom. The van der Waals surface area contributed by atoms with Crippen LogP contribution in [-0.4, -0.2) is 29.2 Å². The maximum Gasteiger partial charge on any atom is 0.339 e. The van der Waals surface area contributed by atoms with Gasteiger partial charge in [0.15, 0.2) is 0 Å². The van der Waals surface area contributed by atoms with Crippen LogP contribution in [0.2, 0.25) is 0 Å². The van der Waals surface area contributed by atoms with E-state index in [0.717, 1.165) is 0 Å². The van der Waals surface area contributed by atoms with Gasteiger partial charge in [0.25, 0.3) is 10.1 Å². The first-order valence-corrected chi connectivity index (χ1v) is 7.41. The lowest BCUT2D eigenvalue weighted by Crippen LogP contribution is -2.00. The van der Waals surface area contributed by atoms with Gasteiger partial charge in [-0.15, -0.1) is 0 Å². The van der Waals surface area contributed by atoms with Crippen LogP contribution in [0.5, 0.6) is 5.75 Å². The monoisotopic (exact) mass is 310 g/mol. The van der Waals surface area contributed by atoms with Crippen molar-refractivity contribution in [2.24, 2.45) is 0 Å². The molecule has 0 amide bonds. The summed E-state index contributed by atoms with van der Waals surface area (Å²) in [4.78, 5) is 10.3. The molecule has 0 fully saturated rings. The van der Waals surface area contributed by atoms with Gasteiger partial charge in [-0.05, 0) is 17.7 Å². The highest BCUT2D eigenvalue weighted by molar-refractivity contribution is 7.85. The van der Waals surface area contributed by atoms with E-state index in [0.29, 0.717) is 5.56 Å². The summed E-state index contributed by atoms with van der Waals surface area (Å²) in [6.07, 6.45) is 0. The molecule has 0 heterocycles. The van der Waals surface area contributed by atoms with E-state index in [2.05, 4.69) is 0 Å². The van der Waals surface area contributed by atoms with Crippen LogP contribution < -0.4 is 0 Å². The van der Waals surface area contributed by atoms with Gasteiger partial charge in [-0.3, -0.25) is 4.55 Å². The minimum Gasteiger partial charge on any atom is -0.507 e. The number of rotatable bonds is 3. The molecule has 3 N–H and O–H groups in total. The zero-order chi connectivity index (χ0) is 15.9. The molecular formula is C14H14O6S. The summed E-state index contributed by atoms with van der Waals surface area (Å²) in [5.74, 6) is -1.62. The third-order valence-electron chi connectivity index (χ3n) is 2.33. The second kappa shape index (κ2) is 7.41. The molecule has 0 aliphatic heterocycles. The molecule has 0 saturated carbocycles. The number of carboxylic acids is 1. The van der Waals surface area contributed by atoms with E-state index in [9.17, 15) is 13.2 Å². The molecular weight excluding hydrogens is 296 g/mol. The molecule has 0 aliphatic rings. The minimum atomic E-state index is -3.88. The molecule has 21 heavy (non-hydrogen) atoms. The van der Waals surface area contributed by atoms with Crippen molar-refractivity contribution < 1.29 is 28.0 Å². The van der Waals surface area contributed by atoms with Crippen LogP contribution >= 0.6 is 0 Å². The summed E-state index contributed by atoms with van der Waals surface area (Å²) < 4.78 is 29.2. The lowest BCUT2D eigenvalue weighted by molar-refractivity contribution is 0.0693. The summed E-state index contributed by atoms with van der Waals surface area (Å²) in [6, 6.07) is 14.3. The van der Waals surface area contributed by atoms with Crippen molar-refractivity contribution in [1.29, 1.82) is 0 Å². The second-order valence-corrected chi connectivity index (χ2v) is 5.49. The lowest BCUT2D eigenvalue weighted by Gasteiger charge is -1.95. The predicted octanol–water partition coefficient (Wildman–Crippen LogP) is 2.16. The number of hydrogen-bond donors (Lipinski definition) is 3. The van der Waals surface area contributed by atoms with E-state index in [1.54, 1.807) is 42.5 Å². The molecule has 0 bridgehead atoms. The molecule has 0 saturated heterocycles. The van der Waals surface area contributed by atoms with E-state index in [1.165, 1.54) is 12.1 Å². The zero-order valence-corrected chi connectivity index (χ0v) is 11.7. The third kappa shape index (κ3) is 6.55. The summed E-state index contributed by atoms with van der Waals surface area (Å²) in [5, 5.41) is 17.3. The van der Waals surface area contributed by atoms with Gasteiger partial charge >= 0.3 is 5.97 Å². The van der Waals surface area contributed by atoms with Gasteiger partial charge in [-0.2, -0.15) is 8.42 Å². The van der Waals surface area contributed by atoms with Crippen LogP contribution in [-0.2, 0) is 15.9 Å². The summed E-state index contributed by atoms with van der Waals surface area (Å²) >= 11 is 0. The number of benzene rings is 2. The molecule has 0 aromatic heterocycles. The number of carboxylic acid groups (broad SMARTS) is 1. The topological polar surface area (TPSA) is 112 Å². The Balaban J connectivity index is 0.000000211. The number of phenols is 1. The Morgan fingerprint density at radius 2 is 1.48 bits per heavy atom. The molecule has 112 valence electrons. The van der Waals surface area contributed by atoms with Gasteiger partial charge < -0.3 is 10.2 Å². The fraction of sp³-hybridized carbons (Fsp3) is 0.0714. The second-order valence-electron chi connectivity index (χ2n) is 4.03. The normalized spacial score (nSPS) is 10.3. The van der Waals surface area contributed by atoms with Crippen LogP contribution in [0.15, 0.2) is 54.6 Å². The van der Waals surface area contributed by atoms with Crippen LogP contribution in [0, 0.1) is 0 Å². The Bertz CT molecular complexity index is 694. The standard InChI is InChI=1S/C7H8O3S.C7H6O3/c8-11(9,10)6-7-4-2-1-3-5-7;8-6-4-2-1-3-5(6)7(9)10/h1-5H,6H2,(H,8,9,10);1-4,8H,(H,9,10). The first kappa shape index (κ1) is 16.7. The Kier molecular flexibility index (Phi) is 5.89. The number of hydrogen-bond acceptors (Lipinski definition) is 4. The van der Waals surface area contributed by atoms with Crippen LogP contribution in [0.4, 0.5) is 0 Å². The first-order valence-electron chi connectivity index (χ1n) is 5.80. The quantitative estimate of drug-likeness (QED) is 0.749. The van der Waals surface area contributed by atoms with E-state index in [1.807, 2.05) is 0 Å². The summed E-state index contributed by atoms with van der Waals surface area (Å²) in [5.41, 5.74) is 0.525. The number of para-hydroxylation sites is 1. The summed E-state index contributed by atoms with van der Waals surface area (Å²) in [7, 11) is -3.88. The van der Waals surface area contributed by atoms with Crippen molar-refractivity contribution in [2.45, 2.75) is 5.75 Å². The molecule has 2 aromatic rings. The maximum atomic E-state index is 10.4. The van der Waals surface area contributed by atoms with Crippen LogP contribution in [0.1, 0.15) is 15.9 Å². The van der Waals surface area contributed by atoms with E-state index in [-0.39, 0.29) is 17.1 Å². The highest BCUT2D eigenvalue weighted by atomic mass is 32.2. The highest BCUT2D eigenvalue weighted by Gasteiger charge is 2.05. The molecule has 0 spiro atoms. The van der Waals surface area contributed by atoms with Gasteiger partial charge in [-0.25, -0.2) is 4.79 Å². The molecule has 0 atom stereocenters. The predicted molar refractivity (Wildman–Crippen MR) is 76.8 cm³/mol. The molecule has 0 aliphatic carbocycles. The molecule has 0 radical (unpaired) electrons. The Morgan fingerprint density at radius 1 is 0.952 bits per heavy atom. The smallest absolute Gasteiger partial charge is 0.339 e. The lowest BCUT2D eigenvalue weighted by atomic mass is 10.2. The Hall–Kier alpha value is -2.38. The van der Waals surface area contributed by atoms with Gasteiger partial charge in [0.2, 0.25) is 0 Å². The molecule has 6 nitrogen and oxygen atoms in total. The molecule has 2 rings (SSSR count). The van der Waals surface area contributed by atoms with Crippen molar-refractivity contribution in [3.8, 4) is 5.75 Å². The van der Waals surface area contributed by atoms with E-state index in [4.69, 9.17) is 14.8 Å². The average molecular weight is 310 g/mol. The molecule has 0 unspecified atom stereocenters. The van der Waals surface area contributed by atoms with Crippen molar-refractivity contribution in [1.82, 2.24) is 0 Å². The van der Waals surface area contributed by atoms with Gasteiger partial charge in [0.05, 0.1) is 0 Å². The van der Waals surface area contributed by atoms with Crippen molar-refractivity contribution in [2.75, 3.05) is 0 Å². The van der Waals surface area contributed by atoms with Crippen LogP contribution in [0.3, 0.4) is 0 Å². The fourth-order valence-corrected chi connectivity index (χ4v) is 2.05. The Labute approximate surface area is 122 Å². The molecule has 2 aromatic carbocycles. The van der Waals surface area contributed by atoms with Crippen molar-refractivity contribution in [3.05, 3.63) is 65.7 Å². The highest BCUT2D eigenvalue weighted by Crippen LogP contribution is 2.14. The van der Waals surface area contributed by atoms with E-state index >= 15 is 0 Å². The van der Waals surface area contributed by atoms with Gasteiger partial charge in [0.1, 0.15) is 17.1 Å². The fourth-order valence-electron chi connectivity index (χ4n) is 1.44. The van der Waals surface area contributed by atoms with Crippen molar-refractivity contribution >= 4 is 16.1 Å². The largest absolute Gasteiger partial charge is 0.507 e. The van der Waals surface area contributed by atoms with Crippen LogP contribution in [0.25, 0.3) is 0 Å². The number of aromatic hydroxyl groups is 1.